The Kier molecular flexibility index (Phi) is 3.09. The summed E-state index contributed by atoms with van der Waals surface area (Å²) in [6, 6.07) is 4.91. The predicted molar refractivity (Wildman–Crippen MR) is 70.0 cm³/mol. The number of nitrogens with zero attached hydrogens (tertiary/aromatic N) is 2. The van der Waals surface area contributed by atoms with Crippen molar-refractivity contribution in [2.45, 2.75) is 6.42 Å². The molecule has 106 valence electrons. The molecule has 0 amide bonds. The van der Waals surface area contributed by atoms with Crippen LogP contribution in [0.5, 0.6) is 0 Å². The topological polar surface area (TPSA) is 78.9 Å². The highest BCUT2D eigenvalue weighted by Gasteiger charge is 2.15. The van der Waals surface area contributed by atoms with E-state index >= 15 is 0 Å². The summed E-state index contributed by atoms with van der Waals surface area (Å²) in [6.45, 7) is 0. The van der Waals surface area contributed by atoms with Gasteiger partial charge >= 0.3 is 5.97 Å². The lowest BCUT2D eigenvalue weighted by Gasteiger charge is -2.01. The van der Waals surface area contributed by atoms with Gasteiger partial charge in [0.05, 0.1) is 11.1 Å². The highest BCUT2D eigenvalue weighted by molar-refractivity contribution is 5.99. The molecule has 0 saturated carbocycles. The van der Waals surface area contributed by atoms with E-state index in [0.717, 1.165) is 12.1 Å². The summed E-state index contributed by atoms with van der Waals surface area (Å²) in [5.41, 5.74) is 0.305. The first-order valence-corrected chi connectivity index (χ1v) is 6.06. The van der Waals surface area contributed by atoms with E-state index in [0.29, 0.717) is 0 Å². The van der Waals surface area contributed by atoms with Crippen LogP contribution in [0.2, 0.25) is 0 Å². The van der Waals surface area contributed by atoms with Crippen LogP contribution in [0, 0.1) is 11.6 Å². The molecule has 3 rings (SSSR count). The van der Waals surface area contributed by atoms with Crippen molar-refractivity contribution in [3.8, 4) is 0 Å². The number of rotatable bonds is 3. The highest BCUT2D eigenvalue weighted by atomic mass is 19.1. The molecular formula is C14H9F2N3O2. The summed E-state index contributed by atoms with van der Waals surface area (Å²) in [5, 5.41) is 9.07. The molecule has 2 aromatic heterocycles. The maximum absolute atomic E-state index is 13.6. The van der Waals surface area contributed by atoms with Crippen LogP contribution in [0.1, 0.15) is 21.7 Å². The Bertz CT molecular complexity index is 825. The number of hydrogen-bond acceptors (Lipinski definition) is 3. The lowest BCUT2D eigenvalue weighted by atomic mass is 10.1. The van der Waals surface area contributed by atoms with Gasteiger partial charge in [0.1, 0.15) is 17.5 Å². The molecule has 0 aliphatic heterocycles. The fraction of sp³-hybridized carbons (Fsp3) is 0.0714. The predicted octanol–water partition coefficient (Wildman–Crippen LogP) is 2.53. The van der Waals surface area contributed by atoms with Gasteiger partial charge < -0.3 is 10.1 Å². The average Bonchev–Trinajstić information content (AvgIpc) is 2.85. The van der Waals surface area contributed by atoms with E-state index in [1.165, 1.54) is 18.3 Å². The van der Waals surface area contributed by atoms with E-state index in [9.17, 15) is 13.6 Å². The van der Waals surface area contributed by atoms with Crippen LogP contribution in [-0.4, -0.2) is 26.0 Å². The van der Waals surface area contributed by atoms with Crippen LogP contribution < -0.4 is 0 Å². The Morgan fingerprint density at radius 2 is 1.95 bits per heavy atom. The molecule has 21 heavy (non-hydrogen) atoms. The second-order valence-corrected chi connectivity index (χ2v) is 4.42. The molecule has 0 aliphatic carbocycles. The molecule has 0 bridgehead atoms. The number of aromatic amines is 1. The molecule has 0 spiro atoms. The second-order valence-electron chi connectivity index (χ2n) is 4.42. The first kappa shape index (κ1) is 13.2. The smallest absolute Gasteiger partial charge is 0.338 e. The number of H-pyrrole nitrogens is 1. The third-order valence-electron chi connectivity index (χ3n) is 3.08. The summed E-state index contributed by atoms with van der Waals surface area (Å²) in [7, 11) is 0. The number of carboxylic acids is 1. The molecule has 0 radical (unpaired) electrons. The molecule has 7 heteroatoms. The fourth-order valence-corrected chi connectivity index (χ4v) is 2.09. The minimum Gasteiger partial charge on any atom is -0.478 e. The van der Waals surface area contributed by atoms with Gasteiger partial charge in [-0.25, -0.2) is 23.5 Å². The summed E-state index contributed by atoms with van der Waals surface area (Å²) in [5.74, 6) is -2.24. The molecule has 2 heterocycles. The number of benzene rings is 1. The van der Waals surface area contributed by atoms with E-state index in [1.807, 2.05) is 0 Å². The van der Waals surface area contributed by atoms with E-state index in [-0.39, 0.29) is 34.5 Å². The number of imidazole rings is 1. The highest BCUT2D eigenvalue weighted by Crippen LogP contribution is 2.19. The van der Waals surface area contributed by atoms with Gasteiger partial charge in [-0.1, -0.05) is 6.07 Å². The SMILES string of the molecule is O=C(O)c1ccnc2nc(Cc3c(F)cccc3F)[nH]c12. The number of aromatic carboxylic acids is 1. The molecule has 1 aromatic carbocycles. The first-order chi connectivity index (χ1) is 10.1. The number of nitrogens with one attached hydrogen (secondary N) is 1. The van der Waals surface area contributed by atoms with Crippen molar-refractivity contribution in [2.75, 3.05) is 0 Å². The summed E-state index contributed by atoms with van der Waals surface area (Å²) in [6.07, 6.45) is 1.20. The Morgan fingerprint density at radius 3 is 2.62 bits per heavy atom. The lowest BCUT2D eigenvalue weighted by Crippen LogP contribution is -1.99. The van der Waals surface area contributed by atoms with Crippen LogP contribution in [0.15, 0.2) is 30.5 Å². The zero-order valence-corrected chi connectivity index (χ0v) is 10.6. The van der Waals surface area contributed by atoms with Gasteiger partial charge in [-0.05, 0) is 18.2 Å². The Morgan fingerprint density at radius 1 is 1.24 bits per heavy atom. The monoisotopic (exact) mass is 289 g/mol. The standard InChI is InChI=1S/C14H9F2N3O2/c15-9-2-1-3-10(16)8(9)6-11-18-12-7(14(20)21)4-5-17-13(12)19-11/h1-5H,6H2,(H,20,21)(H,17,18,19). The summed E-state index contributed by atoms with van der Waals surface area (Å²) < 4.78 is 27.2. The van der Waals surface area contributed by atoms with Gasteiger partial charge in [0.25, 0.3) is 0 Å². The Hall–Kier alpha value is -2.83. The third kappa shape index (κ3) is 2.33. The van der Waals surface area contributed by atoms with Crippen LogP contribution in [0.25, 0.3) is 11.2 Å². The average molecular weight is 289 g/mol. The van der Waals surface area contributed by atoms with Crippen molar-refractivity contribution < 1.29 is 18.7 Å². The van der Waals surface area contributed by atoms with Gasteiger partial charge in [-0.15, -0.1) is 0 Å². The molecular weight excluding hydrogens is 280 g/mol. The van der Waals surface area contributed by atoms with Crippen LogP contribution in [0.4, 0.5) is 8.78 Å². The molecule has 0 fully saturated rings. The number of aromatic nitrogens is 3. The van der Waals surface area contributed by atoms with Crippen molar-refractivity contribution in [3.05, 3.63) is 59.0 Å². The van der Waals surface area contributed by atoms with E-state index < -0.39 is 17.6 Å². The minimum atomic E-state index is -1.13. The van der Waals surface area contributed by atoms with E-state index in [4.69, 9.17) is 5.11 Å². The molecule has 0 atom stereocenters. The largest absolute Gasteiger partial charge is 0.478 e. The normalized spacial score (nSPS) is 11.0. The fourth-order valence-electron chi connectivity index (χ4n) is 2.09. The van der Waals surface area contributed by atoms with Crippen molar-refractivity contribution in [3.63, 3.8) is 0 Å². The number of hydrogen-bond donors (Lipinski definition) is 2. The zero-order valence-electron chi connectivity index (χ0n) is 10.6. The molecule has 2 N–H and O–H groups in total. The maximum atomic E-state index is 13.6. The van der Waals surface area contributed by atoms with Crippen LogP contribution in [0.3, 0.4) is 0 Å². The van der Waals surface area contributed by atoms with Gasteiger partial charge in [0.15, 0.2) is 5.65 Å². The summed E-state index contributed by atoms with van der Waals surface area (Å²) in [4.78, 5) is 21.9. The number of carbonyl (C=O) groups is 1. The van der Waals surface area contributed by atoms with Gasteiger partial charge in [0.2, 0.25) is 0 Å². The van der Waals surface area contributed by atoms with Crippen LogP contribution in [-0.2, 0) is 6.42 Å². The quantitative estimate of drug-likeness (QED) is 0.776. The molecule has 5 nitrogen and oxygen atoms in total. The van der Waals surface area contributed by atoms with Crippen molar-refractivity contribution in [2.24, 2.45) is 0 Å². The van der Waals surface area contributed by atoms with Gasteiger partial charge in [-0.3, -0.25) is 0 Å². The molecule has 0 unspecified atom stereocenters. The van der Waals surface area contributed by atoms with Gasteiger partial charge in [0, 0.05) is 18.2 Å². The van der Waals surface area contributed by atoms with Crippen molar-refractivity contribution in [1.29, 1.82) is 0 Å². The number of fused-ring (bicyclic) bond motifs is 1. The maximum Gasteiger partial charge on any atom is 0.338 e. The second kappa shape index (κ2) is 4.93. The summed E-state index contributed by atoms with van der Waals surface area (Å²) >= 11 is 0. The molecule has 0 saturated heterocycles. The lowest BCUT2D eigenvalue weighted by molar-refractivity contribution is 0.0698. The molecule has 0 aliphatic rings. The van der Waals surface area contributed by atoms with Crippen molar-refractivity contribution in [1.82, 2.24) is 15.0 Å². The van der Waals surface area contributed by atoms with Gasteiger partial charge in [-0.2, -0.15) is 0 Å². The third-order valence-corrected chi connectivity index (χ3v) is 3.08. The van der Waals surface area contributed by atoms with E-state index in [1.54, 1.807) is 0 Å². The van der Waals surface area contributed by atoms with Crippen LogP contribution >= 0.6 is 0 Å². The Labute approximate surface area is 117 Å². The minimum absolute atomic E-state index is 0.00718. The zero-order chi connectivity index (χ0) is 15.0. The first-order valence-electron chi connectivity index (χ1n) is 6.06. The number of carboxylic acid groups (broad SMARTS) is 1. The molecule has 3 aromatic rings. The Balaban J connectivity index is 2.06. The number of halogens is 2. The number of pyridine rings is 1. The van der Waals surface area contributed by atoms with Crippen molar-refractivity contribution >= 4 is 17.1 Å². The van der Waals surface area contributed by atoms with E-state index in [2.05, 4.69) is 15.0 Å².